The Morgan fingerprint density at radius 2 is 2.00 bits per heavy atom. The van der Waals surface area contributed by atoms with E-state index in [1.165, 1.54) is 12.1 Å². The molecule has 1 saturated heterocycles. The fraction of sp³-hybridized carbons (Fsp3) is 0.739. The van der Waals surface area contributed by atoms with E-state index in [9.17, 15) is 9.90 Å². The van der Waals surface area contributed by atoms with E-state index in [1.807, 2.05) is 15.7 Å². The highest BCUT2D eigenvalue weighted by Crippen LogP contribution is 2.29. The first-order chi connectivity index (χ1) is 14.5. The van der Waals surface area contributed by atoms with Crippen molar-refractivity contribution in [3.63, 3.8) is 0 Å². The number of likely N-dealkylation sites (N-methyl/N-ethyl adjacent to an activating group) is 1. The van der Waals surface area contributed by atoms with Crippen LogP contribution in [0.3, 0.4) is 0 Å². The molecule has 166 valence electrons. The van der Waals surface area contributed by atoms with Gasteiger partial charge in [0.25, 0.3) is 5.91 Å². The molecular formula is C23H37N5O2. The third-order valence-electron chi connectivity index (χ3n) is 7.15. The first-order valence-electron chi connectivity index (χ1n) is 11.6. The van der Waals surface area contributed by atoms with E-state index in [2.05, 4.69) is 23.8 Å². The van der Waals surface area contributed by atoms with Crippen molar-refractivity contribution in [3.8, 4) is 0 Å². The highest BCUT2D eigenvalue weighted by atomic mass is 16.3. The lowest BCUT2D eigenvalue weighted by Crippen LogP contribution is -2.48. The summed E-state index contributed by atoms with van der Waals surface area (Å²) in [6.07, 6.45) is 9.81. The zero-order chi connectivity index (χ0) is 21.1. The van der Waals surface area contributed by atoms with Crippen LogP contribution in [0.15, 0.2) is 12.7 Å². The summed E-state index contributed by atoms with van der Waals surface area (Å²) in [5, 5.41) is 19.2. The van der Waals surface area contributed by atoms with Gasteiger partial charge in [-0.05, 0) is 39.2 Å². The van der Waals surface area contributed by atoms with Crippen molar-refractivity contribution in [1.29, 1.82) is 0 Å². The van der Waals surface area contributed by atoms with Crippen LogP contribution in [0, 0.1) is 0 Å². The van der Waals surface area contributed by atoms with Gasteiger partial charge in [0.2, 0.25) is 0 Å². The maximum atomic E-state index is 13.3. The zero-order valence-corrected chi connectivity index (χ0v) is 18.4. The Kier molecular flexibility index (Phi) is 6.60. The summed E-state index contributed by atoms with van der Waals surface area (Å²) in [5.41, 5.74) is 2.34. The maximum absolute atomic E-state index is 13.3. The lowest BCUT2D eigenvalue weighted by atomic mass is 9.84. The molecular weight excluding hydrogens is 378 g/mol. The van der Waals surface area contributed by atoms with Crippen molar-refractivity contribution in [2.75, 3.05) is 39.8 Å². The summed E-state index contributed by atoms with van der Waals surface area (Å²) < 4.78 is 1.97. The van der Waals surface area contributed by atoms with Crippen LogP contribution in [0.5, 0.6) is 0 Å². The van der Waals surface area contributed by atoms with E-state index in [1.54, 1.807) is 0 Å². The van der Waals surface area contributed by atoms with Crippen LogP contribution in [0.4, 0.5) is 0 Å². The monoisotopic (exact) mass is 415 g/mol. The quantitative estimate of drug-likeness (QED) is 0.691. The van der Waals surface area contributed by atoms with Crippen LogP contribution in [-0.4, -0.2) is 82.0 Å². The predicted octanol–water partition coefficient (Wildman–Crippen LogP) is 1.60. The molecule has 1 amide bonds. The number of carbonyl (C=O) groups excluding carboxylic acids is 1. The van der Waals surface area contributed by atoms with Gasteiger partial charge in [0.15, 0.2) is 5.69 Å². The molecule has 2 aliphatic carbocycles. The van der Waals surface area contributed by atoms with Crippen molar-refractivity contribution in [2.45, 2.75) is 69.6 Å². The van der Waals surface area contributed by atoms with Crippen molar-refractivity contribution in [1.82, 2.24) is 24.9 Å². The highest BCUT2D eigenvalue weighted by Gasteiger charge is 2.34. The fourth-order valence-electron chi connectivity index (χ4n) is 5.19. The summed E-state index contributed by atoms with van der Waals surface area (Å²) in [4.78, 5) is 17.5. The van der Waals surface area contributed by atoms with Gasteiger partial charge in [-0.1, -0.05) is 25.3 Å². The molecule has 7 heteroatoms. The number of aliphatic hydroxyl groups is 1. The third-order valence-corrected chi connectivity index (χ3v) is 7.15. The smallest absolute Gasteiger partial charge is 0.274 e. The maximum Gasteiger partial charge on any atom is 0.274 e. The molecule has 2 fully saturated rings. The number of piperazine rings is 1. The summed E-state index contributed by atoms with van der Waals surface area (Å²) in [6, 6.07) is 0.281. The van der Waals surface area contributed by atoms with E-state index >= 15 is 0 Å². The topological polar surface area (TPSA) is 73.6 Å². The Bertz CT molecular complexity index is 760. The van der Waals surface area contributed by atoms with Gasteiger partial charge in [0.05, 0.1) is 12.1 Å². The van der Waals surface area contributed by atoms with Crippen molar-refractivity contribution >= 4 is 5.91 Å². The van der Waals surface area contributed by atoms with E-state index in [4.69, 9.17) is 5.10 Å². The molecule has 2 heterocycles. The number of rotatable bonds is 6. The van der Waals surface area contributed by atoms with Crippen molar-refractivity contribution in [2.24, 2.45) is 0 Å². The number of hydrogen-bond donors (Lipinski definition) is 2. The SMILES string of the molecule is C=CCn1nc(C(=O)N2CCN(C)CC2)c2c1CCC(NCC1(O)CCCCC1)C2. The summed E-state index contributed by atoms with van der Waals surface area (Å²) in [5.74, 6) is 0.0636. The first-order valence-corrected chi connectivity index (χ1v) is 11.6. The molecule has 0 radical (unpaired) electrons. The largest absolute Gasteiger partial charge is 0.389 e. The molecule has 1 atom stereocenters. The van der Waals surface area contributed by atoms with Crippen LogP contribution in [-0.2, 0) is 19.4 Å². The molecule has 2 N–H and O–H groups in total. The average Bonchev–Trinajstić information content (AvgIpc) is 3.11. The minimum absolute atomic E-state index is 0.0636. The molecule has 0 aromatic carbocycles. The average molecular weight is 416 g/mol. The van der Waals surface area contributed by atoms with Gasteiger partial charge in [-0.2, -0.15) is 5.10 Å². The molecule has 0 spiro atoms. The summed E-state index contributed by atoms with van der Waals surface area (Å²) in [6.45, 7) is 8.47. The van der Waals surface area contributed by atoms with Gasteiger partial charge in [-0.15, -0.1) is 6.58 Å². The van der Waals surface area contributed by atoms with E-state index in [0.29, 0.717) is 18.8 Å². The van der Waals surface area contributed by atoms with E-state index in [0.717, 1.165) is 76.7 Å². The molecule has 1 aromatic rings. The van der Waals surface area contributed by atoms with Crippen LogP contribution in [0.2, 0.25) is 0 Å². The second-order valence-corrected chi connectivity index (χ2v) is 9.45. The Morgan fingerprint density at radius 3 is 2.70 bits per heavy atom. The molecule has 1 aromatic heterocycles. The highest BCUT2D eigenvalue weighted by molar-refractivity contribution is 5.94. The fourth-order valence-corrected chi connectivity index (χ4v) is 5.19. The number of hydrogen-bond acceptors (Lipinski definition) is 5. The van der Waals surface area contributed by atoms with Gasteiger partial charge in [0.1, 0.15) is 0 Å². The lowest BCUT2D eigenvalue weighted by molar-refractivity contribution is 0.00227. The molecule has 1 aliphatic heterocycles. The standard InChI is InChI=1S/C23H37N5O2/c1-3-11-28-20-8-7-18(24-17-23(30)9-5-4-6-10-23)16-19(20)21(25-28)22(29)27-14-12-26(2)13-15-27/h3,18,24,30H,1,4-17H2,2H3. The van der Waals surface area contributed by atoms with Gasteiger partial charge in [-0.25, -0.2) is 0 Å². The molecule has 3 aliphatic rings. The van der Waals surface area contributed by atoms with Crippen molar-refractivity contribution < 1.29 is 9.90 Å². The Balaban J connectivity index is 1.48. The Labute approximate surface area is 180 Å². The predicted molar refractivity (Wildman–Crippen MR) is 118 cm³/mol. The van der Waals surface area contributed by atoms with E-state index in [-0.39, 0.29) is 11.9 Å². The van der Waals surface area contributed by atoms with Gasteiger partial charge < -0.3 is 20.2 Å². The molecule has 0 bridgehead atoms. The second-order valence-electron chi connectivity index (χ2n) is 9.45. The number of carbonyl (C=O) groups is 1. The van der Waals surface area contributed by atoms with Crippen LogP contribution >= 0.6 is 0 Å². The summed E-state index contributed by atoms with van der Waals surface area (Å²) in [7, 11) is 2.10. The van der Waals surface area contributed by atoms with Gasteiger partial charge in [0, 0.05) is 50.0 Å². The normalized spacial score (nSPS) is 24.5. The molecule has 1 unspecified atom stereocenters. The number of amides is 1. The van der Waals surface area contributed by atoms with Gasteiger partial charge >= 0.3 is 0 Å². The lowest BCUT2D eigenvalue weighted by Gasteiger charge is -2.35. The molecule has 4 rings (SSSR count). The Morgan fingerprint density at radius 1 is 1.27 bits per heavy atom. The van der Waals surface area contributed by atoms with Crippen LogP contribution in [0.25, 0.3) is 0 Å². The van der Waals surface area contributed by atoms with Crippen molar-refractivity contribution in [3.05, 3.63) is 29.6 Å². The first kappa shape index (κ1) is 21.5. The van der Waals surface area contributed by atoms with Gasteiger partial charge in [-0.3, -0.25) is 9.48 Å². The summed E-state index contributed by atoms with van der Waals surface area (Å²) >= 11 is 0. The number of nitrogens with one attached hydrogen (secondary N) is 1. The zero-order valence-electron chi connectivity index (χ0n) is 18.4. The third kappa shape index (κ3) is 4.63. The number of aromatic nitrogens is 2. The van der Waals surface area contributed by atoms with Crippen LogP contribution in [0.1, 0.15) is 60.3 Å². The number of allylic oxidation sites excluding steroid dienone is 1. The second kappa shape index (κ2) is 9.20. The minimum atomic E-state index is -0.565. The molecule has 30 heavy (non-hydrogen) atoms. The molecule has 1 saturated carbocycles. The minimum Gasteiger partial charge on any atom is -0.389 e. The molecule has 7 nitrogen and oxygen atoms in total. The number of nitrogens with zero attached hydrogens (tertiary/aromatic N) is 4. The van der Waals surface area contributed by atoms with Crippen LogP contribution < -0.4 is 5.32 Å². The Hall–Kier alpha value is -1.70. The van der Waals surface area contributed by atoms with E-state index < -0.39 is 5.60 Å². The number of fused-ring (bicyclic) bond motifs is 1.